The summed E-state index contributed by atoms with van der Waals surface area (Å²) in [6, 6.07) is 0. The maximum Gasteiger partial charge on any atom is 0.178 e. The number of rotatable bonds is 7. The molecule has 0 atom stereocenters. The van der Waals surface area contributed by atoms with Crippen molar-refractivity contribution in [2.24, 2.45) is 0 Å². The minimum Gasteiger partial charge on any atom is -0.290 e. The molecule has 0 unspecified atom stereocenters. The van der Waals surface area contributed by atoms with E-state index in [4.69, 9.17) is 0 Å². The molecule has 0 rings (SSSR count). The molecule has 1 heteroatoms. The first-order chi connectivity index (χ1) is 10.7. The summed E-state index contributed by atoms with van der Waals surface area (Å²) in [5.74, 6) is -0.0596. The molecule has 0 N–H and O–H groups in total. The van der Waals surface area contributed by atoms with Gasteiger partial charge in [0.1, 0.15) is 0 Å². The van der Waals surface area contributed by atoms with E-state index in [1.165, 1.54) is 6.08 Å². The van der Waals surface area contributed by atoms with E-state index in [9.17, 15) is 4.79 Å². The molecule has 0 aromatic heterocycles. The molecule has 0 aliphatic heterocycles. The summed E-state index contributed by atoms with van der Waals surface area (Å²) >= 11 is 0. The topological polar surface area (TPSA) is 17.1 Å². The molecule has 0 heterocycles. The van der Waals surface area contributed by atoms with Crippen LogP contribution in [-0.4, -0.2) is 5.78 Å². The maximum absolute atomic E-state index is 11.6. The zero-order valence-electron chi connectivity index (χ0n) is 15.1. The highest BCUT2D eigenvalue weighted by Gasteiger charge is 1.90. The Balaban J connectivity index is -0.000000826. The number of allylic oxidation sites excluding steroid dienone is 12. The standard InChI is InChI=1S/C17H20O.2C2H6/c1-5-9-15(7-3)11-13-17(18)14-12-16(8-4)10-6-2;2*1-2/h5-14H,1,3H2,2,4H3;2*1-2H3/b10-6-,13-11+,14-12+,15-9+,16-8+;;. The highest BCUT2D eigenvalue weighted by Crippen LogP contribution is 2.01. The van der Waals surface area contributed by atoms with E-state index in [1.54, 1.807) is 36.5 Å². The third-order valence-electron chi connectivity index (χ3n) is 2.12. The Morgan fingerprint density at radius 3 is 1.64 bits per heavy atom. The van der Waals surface area contributed by atoms with E-state index in [-0.39, 0.29) is 5.78 Å². The Labute approximate surface area is 137 Å². The molecule has 0 bridgehead atoms. The molecule has 122 valence electrons. The minimum absolute atomic E-state index is 0.0596. The van der Waals surface area contributed by atoms with Crippen molar-refractivity contribution < 1.29 is 4.79 Å². The summed E-state index contributed by atoms with van der Waals surface area (Å²) in [5.41, 5.74) is 1.86. The quantitative estimate of drug-likeness (QED) is 0.385. The van der Waals surface area contributed by atoms with Gasteiger partial charge in [0.2, 0.25) is 0 Å². The van der Waals surface area contributed by atoms with E-state index in [0.717, 1.165) is 11.1 Å². The number of hydrogen-bond acceptors (Lipinski definition) is 1. The first kappa shape index (κ1) is 24.8. The molecule has 0 fully saturated rings. The zero-order chi connectivity index (χ0) is 17.8. The van der Waals surface area contributed by atoms with Crippen LogP contribution in [0.2, 0.25) is 0 Å². The first-order valence-corrected chi connectivity index (χ1v) is 7.82. The fourth-order valence-electron chi connectivity index (χ4n) is 1.18. The van der Waals surface area contributed by atoms with Gasteiger partial charge in [-0.3, -0.25) is 4.79 Å². The number of carbonyl (C=O) groups is 1. The molecule has 0 radical (unpaired) electrons. The lowest BCUT2D eigenvalue weighted by atomic mass is 10.1. The van der Waals surface area contributed by atoms with Gasteiger partial charge in [-0.15, -0.1) is 0 Å². The molecule has 0 saturated heterocycles. The third kappa shape index (κ3) is 15.9. The summed E-state index contributed by atoms with van der Waals surface area (Å²) in [6.07, 6.45) is 17.5. The smallest absolute Gasteiger partial charge is 0.178 e. The van der Waals surface area contributed by atoms with Crippen molar-refractivity contribution in [3.8, 4) is 0 Å². The number of ketones is 1. The van der Waals surface area contributed by atoms with Crippen LogP contribution in [0.15, 0.2) is 85.1 Å². The fourth-order valence-corrected chi connectivity index (χ4v) is 1.18. The van der Waals surface area contributed by atoms with E-state index < -0.39 is 0 Å². The lowest BCUT2D eigenvalue weighted by Crippen LogP contribution is -1.86. The Hall–Kier alpha value is -2.15. The van der Waals surface area contributed by atoms with Gasteiger partial charge in [0.25, 0.3) is 0 Å². The van der Waals surface area contributed by atoms with Crippen LogP contribution in [0.3, 0.4) is 0 Å². The molecule has 0 saturated carbocycles. The van der Waals surface area contributed by atoms with Crippen LogP contribution in [0.4, 0.5) is 0 Å². The maximum atomic E-state index is 11.6. The van der Waals surface area contributed by atoms with Gasteiger partial charge < -0.3 is 0 Å². The average molecular weight is 300 g/mol. The molecular formula is C21H32O. The molecule has 0 aliphatic rings. The van der Waals surface area contributed by atoms with Gasteiger partial charge in [0, 0.05) is 0 Å². The van der Waals surface area contributed by atoms with Crippen molar-refractivity contribution in [3.63, 3.8) is 0 Å². The average Bonchev–Trinajstić information content (AvgIpc) is 2.58. The zero-order valence-corrected chi connectivity index (χ0v) is 15.1. The molecule has 0 amide bonds. The lowest BCUT2D eigenvalue weighted by molar-refractivity contribution is -0.110. The van der Waals surface area contributed by atoms with Crippen molar-refractivity contribution in [1.29, 1.82) is 0 Å². The second kappa shape index (κ2) is 21.2. The third-order valence-corrected chi connectivity index (χ3v) is 2.12. The lowest BCUT2D eigenvalue weighted by Gasteiger charge is -1.91. The Bertz CT molecular complexity index is 441. The van der Waals surface area contributed by atoms with Crippen molar-refractivity contribution in [2.75, 3.05) is 0 Å². The summed E-state index contributed by atoms with van der Waals surface area (Å²) < 4.78 is 0. The van der Waals surface area contributed by atoms with Gasteiger partial charge >= 0.3 is 0 Å². The largest absolute Gasteiger partial charge is 0.290 e. The molecule has 0 aromatic rings. The highest BCUT2D eigenvalue weighted by molar-refractivity contribution is 5.99. The predicted molar refractivity (Wildman–Crippen MR) is 103 cm³/mol. The number of carbonyl (C=O) groups excluding carboxylic acids is 1. The normalized spacial score (nSPS) is 11.7. The van der Waals surface area contributed by atoms with E-state index in [0.29, 0.717) is 0 Å². The second-order valence-electron chi connectivity index (χ2n) is 3.46. The van der Waals surface area contributed by atoms with Crippen molar-refractivity contribution in [3.05, 3.63) is 85.1 Å². The van der Waals surface area contributed by atoms with Crippen LogP contribution in [0.1, 0.15) is 41.5 Å². The molecule has 1 nitrogen and oxygen atoms in total. The van der Waals surface area contributed by atoms with Crippen LogP contribution >= 0.6 is 0 Å². The van der Waals surface area contributed by atoms with Gasteiger partial charge in [0.15, 0.2) is 5.78 Å². The minimum atomic E-state index is -0.0596. The van der Waals surface area contributed by atoms with Crippen LogP contribution in [0, 0.1) is 0 Å². The Morgan fingerprint density at radius 2 is 1.27 bits per heavy atom. The first-order valence-electron chi connectivity index (χ1n) is 7.82. The summed E-state index contributed by atoms with van der Waals surface area (Å²) in [5, 5.41) is 0. The van der Waals surface area contributed by atoms with E-state index >= 15 is 0 Å². The van der Waals surface area contributed by atoms with Crippen molar-refractivity contribution in [1.82, 2.24) is 0 Å². The van der Waals surface area contributed by atoms with Crippen molar-refractivity contribution >= 4 is 5.78 Å². The second-order valence-corrected chi connectivity index (χ2v) is 3.46. The Kier molecular flexibility index (Phi) is 23.9. The summed E-state index contributed by atoms with van der Waals surface area (Å²) in [6.45, 7) is 19.1. The fraction of sp³-hybridized carbons (Fsp3) is 0.286. The van der Waals surface area contributed by atoms with Gasteiger partial charge in [-0.25, -0.2) is 0 Å². The van der Waals surface area contributed by atoms with E-state index in [2.05, 4.69) is 13.2 Å². The predicted octanol–water partition coefficient (Wildman–Crippen LogP) is 6.54. The van der Waals surface area contributed by atoms with Crippen LogP contribution in [0.5, 0.6) is 0 Å². The molecule has 0 spiro atoms. The highest BCUT2D eigenvalue weighted by atomic mass is 16.1. The van der Waals surface area contributed by atoms with Crippen LogP contribution in [0.25, 0.3) is 0 Å². The van der Waals surface area contributed by atoms with Gasteiger partial charge in [-0.05, 0) is 37.1 Å². The van der Waals surface area contributed by atoms with Gasteiger partial charge in [-0.2, -0.15) is 0 Å². The molecule has 22 heavy (non-hydrogen) atoms. The van der Waals surface area contributed by atoms with Gasteiger partial charge in [0.05, 0.1) is 0 Å². The van der Waals surface area contributed by atoms with Gasteiger partial charge in [-0.1, -0.05) is 89.5 Å². The molecule has 0 aromatic carbocycles. The molecule has 0 aliphatic carbocycles. The number of hydrogen-bond donors (Lipinski definition) is 0. The summed E-state index contributed by atoms with van der Waals surface area (Å²) in [4.78, 5) is 11.6. The van der Waals surface area contributed by atoms with Crippen LogP contribution in [-0.2, 0) is 4.79 Å². The molecular weight excluding hydrogens is 268 g/mol. The Morgan fingerprint density at radius 1 is 0.773 bits per heavy atom. The SMILES string of the molecule is C=C/C=C(C=C)/C=C/C(=O)/C=C/C(/C=C\C)=C/C.CC.CC. The summed E-state index contributed by atoms with van der Waals surface area (Å²) in [7, 11) is 0. The van der Waals surface area contributed by atoms with Crippen molar-refractivity contribution in [2.45, 2.75) is 41.5 Å². The monoisotopic (exact) mass is 300 g/mol. The van der Waals surface area contributed by atoms with Crippen LogP contribution < -0.4 is 0 Å². The van der Waals surface area contributed by atoms with E-state index in [1.807, 2.05) is 59.8 Å².